The normalized spacial score (nSPS) is 11.8. The lowest BCUT2D eigenvalue weighted by Gasteiger charge is -2.11. The standard InChI is InChI=1S/C19H15ClN2O6/c1-11(17-9-12-4-2-3-5-16(12)28-17)21-18(23)10-27-19(24)13-6-7-14(20)15(8-13)22(25)26/h2-9,11H,10H2,1H3,(H,21,23)/t11-/m1/s1. The molecule has 8 nitrogen and oxygen atoms in total. The Kier molecular flexibility index (Phi) is 5.60. The minimum Gasteiger partial charge on any atom is -0.459 e. The van der Waals surface area contributed by atoms with E-state index in [1.165, 1.54) is 12.1 Å². The first kappa shape index (κ1) is 19.4. The van der Waals surface area contributed by atoms with Crippen LogP contribution in [-0.4, -0.2) is 23.4 Å². The van der Waals surface area contributed by atoms with Crippen molar-refractivity contribution in [2.75, 3.05) is 6.61 Å². The topological polar surface area (TPSA) is 112 Å². The zero-order valence-electron chi connectivity index (χ0n) is 14.7. The quantitative estimate of drug-likeness (QED) is 0.378. The molecule has 0 bridgehead atoms. The van der Waals surface area contributed by atoms with Gasteiger partial charge in [-0.1, -0.05) is 29.8 Å². The molecular formula is C19H15ClN2O6. The molecule has 0 unspecified atom stereocenters. The number of fused-ring (bicyclic) bond motifs is 1. The molecule has 0 spiro atoms. The second-order valence-electron chi connectivity index (χ2n) is 5.98. The van der Waals surface area contributed by atoms with E-state index in [0.29, 0.717) is 11.3 Å². The Morgan fingerprint density at radius 1 is 1.25 bits per heavy atom. The number of rotatable bonds is 6. The SMILES string of the molecule is C[C@@H](NC(=O)COC(=O)c1ccc(Cl)c([N+](=O)[O-])c1)c1cc2ccccc2o1. The fourth-order valence-corrected chi connectivity index (χ4v) is 2.75. The average Bonchev–Trinajstić information content (AvgIpc) is 3.10. The number of carbonyl (C=O) groups is 2. The summed E-state index contributed by atoms with van der Waals surface area (Å²) in [5.41, 5.74) is 0.211. The number of esters is 1. The minimum atomic E-state index is -0.869. The van der Waals surface area contributed by atoms with Crippen molar-refractivity contribution in [3.63, 3.8) is 0 Å². The molecule has 3 rings (SSSR count). The molecule has 0 aliphatic carbocycles. The summed E-state index contributed by atoms with van der Waals surface area (Å²) in [5, 5.41) is 14.4. The molecule has 0 fully saturated rings. The fourth-order valence-electron chi connectivity index (χ4n) is 2.56. The van der Waals surface area contributed by atoms with Gasteiger partial charge in [0.1, 0.15) is 16.4 Å². The summed E-state index contributed by atoms with van der Waals surface area (Å²) in [7, 11) is 0. The summed E-state index contributed by atoms with van der Waals surface area (Å²) in [6, 6.07) is 12.3. The van der Waals surface area contributed by atoms with Crippen LogP contribution >= 0.6 is 11.6 Å². The van der Waals surface area contributed by atoms with E-state index >= 15 is 0 Å². The number of ether oxygens (including phenoxy) is 1. The van der Waals surface area contributed by atoms with E-state index in [4.69, 9.17) is 20.8 Å². The third-order valence-corrected chi connectivity index (χ3v) is 4.28. The monoisotopic (exact) mass is 402 g/mol. The minimum absolute atomic E-state index is 0.0748. The average molecular weight is 403 g/mol. The molecule has 1 N–H and O–H groups in total. The van der Waals surface area contributed by atoms with E-state index in [2.05, 4.69) is 5.32 Å². The molecule has 144 valence electrons. The van der Waals surface area contributed by atoms with Crippen LogP contribution in [0.1, 0.15) is 29.1 Å². The van der Waals surface area contributed by atoms with Gasteiger partial charge in [0, 0.05) is 11.5 Å². The summed E-state index contributed by atoms with van der Waals surface area (Å²) < 4.78 is 10.6. The second kappa shape index (κ2) is 8.10. The van der Waals surface area contributed by atoms with Crippen LogP contribution in [0.15, 0.2) is 52.9 Å². The Morgan fingerprint density at radius 3 is 2.71 bits per heavy atom. The van der Waals surface area contributed by atoms with Gasteiger partial charge >= 0.3 is 5.97 Å². The molecule has 1 atom stereocenters. The number of benzene rings is 2. The fraction of sp³-hybridized carbons (Fsp3) is 0.158. The van der Waals surface area contributed by atoms with Crippen LogP contribution in [0.2, 0.25) is 5.02 Å². The Bertz CT molecular complexity index is 1030. The van der Waals surface area contributed by atoms with E-state index in [1.807, 2.05) is 30.3 Å². The Balaban J connectivity index is 1.58. The lowest BCUT2D eigenvalue weighted by atomic mass is 10.2. The van der Waals surface area contributed by atoms with Gasteiger partial charge in [0.2, 0.25) is 0 Å². The van der Waals surface area contributed by atoms with E-state index < -0.39 is 35.1 Å². The van der Waals surface area contributed by atoms with Crippen LogP contribution in [0.25, 0.3) is 11.0 Å². The van der Waals surface area contributed by atoms with Gasteiger partial charge in [-0.25, -0.2) is 4.79 Å². The summed E-state index contributed by atoms with van der Waals surface area (Å²) >= 11 is 5.70. The van der Waals surface area contributed by atoms with Gasteiger partial charge in [-0.05, 0) is 31.2 Å². The highest BCUT2D eigenvalue weighted by Crippen LogP contribution is 2.25. The van der Waals surface area contributed by atoms with Crippen LogP contribution < -0.4 is 5.32 Å². The molecule has 1 amide bonds. The van der Waals surface area contributed by atoms with Gasteiger partial charge in [-0.15, -0.1) is 0 Å². The van der Waals surface area contributed by atoms with Crippen molar-refractivity contribution in [3.8, 4) is 0 Å². The number of hydrogen-bond donors (Lipinski definition) is 1. The molecule has 0 aliphatic rings. The lowest BCUT2D eigenvalue weighted by molar-refractivity contribution is -0.384. The van der Waals surface area contributed by atoms with Crippen molar-refractivity contribution >= 4 is 40.1 Å². The number of halogens is 1. The summed E-state index contributed by atoms with van der Waals surface area (Å²) in [6.07, 6.45) is 0. The first-order chi connectivity index (χ1) is 13.3. The highest BCUT2D eigenvalue weighted by atomic mass is 35.5. The molecule has 0 saturated carbocycles. The summed E-state index contributed by atoms with van der Waals surface area (Å²) in [6.45, 7) is 1.19. The van der Waals surface area contributed by atoms with Gasteiger partial charge in [-0.3, -0.25) is 14.9 Å². The predicted molar refractivity (Wildman–Crippen MR) is 101 cm³/mol. The maximum Gasteiger partial charge on any atom is 0.338 e. The number of hydrogen-bond acceptors (Lipinski definition) is 6. The number of para-hydroxylation sites is 1. The zero-order valence-corrected chi connectivity index (χ0v) is 15.4. The molecule has 2 aromatic carbocycles. The van der Waals surface area contributed by atoms with E-state index in [1.54, 1.807) is 6.92 Å². The van der Waals surface area contributed by atoms with E-state index in [9.17, 15) is 19.7 Å². The molecular weight excluding hydrogens is 388 g/mol. The predicted octanol–water partition coefficient (Wildman–Crippen LogP) is 4.03. The largest absolute Gasteiger partial charge is 0.459 e. The van der Waals surface area contributed by atoms with Crippen molar-refractivity contribution < 1.29 is 23.7 Å². The number of nitro groups is 1. The molecule has 9 heteroatoms. The van der Waals surface area contributed by atoms with Gasteiger partial charge in [0.25, 0.3) is 11.6 Å². The number of nitrogens with one attached hydrogen (secondary N) is 1. The number of carbonyl (C=O) groups excluding carboxylic acids is 2. The van der Waals surface area contributed by atoms with Crippen molar-refractivity contribution in [1.82, 2.24) is 5.32 Å². The molecule has 28 heavy (non-hydrogen) atoms. The first-order valence-corrected chi connectivity index (χ1v) is 8.62. The van der Waals surface area contributed by atoms with Crippen LogP contribution in [0.4, 0.5) is 5.69 Å². The van der Waals surface area contributed by atoms with Gasteiger partial charge in [0.15, 0.2) is 6.61 Å². The maximum atomic E-state index is 12.0. The third kappa shape index (κ3) is 4.29. The molecule has 1 aromatic heterocycles. The Morgan fingerprint density at radius 2 is 2.00 bits per heavy atom. The summed E-state index contributed by atoms with van der Waals surface area (Å²) in [5.74, 6) is -0.842. The van der Waals surface area contributed by atoms with Crippen molar-refractivity contribution in [2.45, 2.75) is 13.0 Å². The van der Waals surface area contributed by atoms with Crippen LogP contribution in [0, 0.1) is 10.1 Å². The first-order valence-electron chi connectivity index (χ1n) is 8.24. The highest BCUT2D eigenvalue weighted by Gasteiger charge is 2.19. The second-order valence-corrected chi connectivity index (χ2v) is 6.38. The lowest BCUT2D eigenvalue weighted by Crippen LogP contribution is -2.31. The van der Waals surface area contributed by atoms with Gasteiger partial charge < -0.3 is 14.5 Å². The number of nitro benzene ring substituents is 1. The van der Waals surface area contributed by atoms with E-state index in [0.717, 1.165) is 11.5 Å². The molecule has 0 aliphatic heterocycles. The maximum absolute atomic E-state index is 12.0. The summed E-state index contributed by atoms with van der Waals surface area (Å²) in [4.78, 5) is 34.2. The van der Waals surface area contributed by atoms with Gasteiger partial charge in [-0.2, -0.15) is 0 Å². The number of nitrogens with zero attached hydrogens (tertiary/aromatic N) is 1. The molecule has 3 aromatic rings. The van der Waals surface area contributed by atoms with E-state index in [-0.39, 0.29) is 10.6 Å². The number of amides is 1. The molecule has 0 saturated heterocycles. The van der Waals surface area contributed by atoms with Crippen LogP contribution in [0.5, 0.6) is 0 Å². The van der Waals surface area contributed by atoms with Crippen LogP contribution in [0.3, 0.4) is 0 Å². The molecule has 0 radical (unpaired) electrons. The van der Waals surface area contributed by atoms with Crippen LogP contribution in [-0.2, 0) is 9.53 Å². The Hall–Kier alpha value is -3.39. The van der Waals surface area contributed by atoms with Crippen molar-refractivity contribution in [3.05, 3.63) is 75.0 Å². The zero-order chi connectivity index (χ0) is 20.3. The number of furan rings is 1. The van der Waals surface area contributed by atoms with Crippen molar-refractivity contribution in [1.29, 1.82) is 0 Å². The highest BCUT2D eigenvalue weighted by molar-refractivity contribution is 6.32. The third-order valence-electron chi connectivity index (χ3n) is 3.96. The smallest absolute Gasteiger partial charge is 0.338 e. The molecule has 1 heterocycles. The van der Waals surface area contributed by atoms with Gasteiger partial charge in [0.05, 0.1) is 16.5 Å². The Labute approximate surface area is 164 Å². The van der Waals surface area contributed by atoms with Crippen molar-refractivity contribution in [2.24, 2.45) is 0 Å².